The Labute approximate surface area is 134 Å². The van der Waals surface area contributed by atoms with E-state index in [2.05, 4.69) is 9.72 Å². The van der Waals surface area contributed by atoms with Crippen molar-refractivity contribution in [2.45, 2.75) is 43.9 Å². The average Bonchev–Trinajstić information content (AvgIpc) is 2.99. The van der Waals surface area contributed by atoms with E-state index in [0.29, 0.717) is 24.8 Å². The predicted octanol–water partition coefficient (Wildman–Crippen LogP) is 1.53. The van der Waals surface area contributed by atoms with Crippen LogP contribution in [0.2, 0.25) is 0 Å². The zero-order chi connectivity index (χ0) is 16.4. The number of rotatable bonds is 4. The fraction of sp³-hybridized carbons (Fsp3) is 0.667. The number of aromatic nitrogens is 2. The highest BCUT2D eigenvalue weighted by molar-refractivity contribution is 5.86. The van der Waals surface area contributed by atoms with Gasteiger partial charge in [-0.1, -0.05) is 0 Å². The second-order valence-electron chi connectivity index (χ2n) is 6.05. The second kappa shape index (κ2) is 6.57. The van der Waals surface area contributed by atoms with Gasteiger partial charge in [0.25, 0.3) is 0 Å². The van der Waals surface area contributed by atoms with Gasteiger partial charge in [0, 0.05) is 25.3 Å². The van der Waals surface area contributed by atoms with Crippen molar-refractivity contribution >= 4 is 12.1 Å². The Morgan fingerprint density at radius 1 is 1.26 bits per heavy atom. The highest BCUT2D eigenvalue weighted by Gasteiger charge is 2.34. The van der Waals surface area contributed by atoms with Gasteiger partial charge in [-0.05, 0) is 25.7 Å². The van der Waals surface area contributed by atoms with E-state index in [4.69, 9.17) is 9.84 Å². The minimum Gasteiger partial charge on any atom is -0.465 e. The lowest BCUT2D eigenvalue weighted by molar-refractivity contribution is -0.0882. The summed E-state index contributed by atoms with van der Waals surface area (Å²) in [4.78, 5) is 27.7. The fourth-order valence-corrected chi connectivity index (χ4v) is 3.09. The van der Waals surface area contributed by atoms with Gasteiger partial charge >= 0.3 is 12.1 Å². The van der Waals surface area contributed by atoms with Crippen molar-refractivity contribution in [1.29, 1.82) is 0 Å². The average molecular weight is 323 g/mol. The Kier molecular flexibility index (Phi) is 4.51. The normalized spacial score (nSPS) is 25.0. The van der Waals surface area contributed by atoms with E-state index in [1.165, 1.54) is 12.0 Å². The predicted molar refractivity (Wildman–Crippen MR) is 79.3 cm³/mol. The molecule has 1 aromatic rings. The van der Waals surface area contributed by atoms with E-state index in [1.807, 2.05) is 4.57 Å². The first kappa shape index (κ1) is 15.8. The SMILES string of the molecule is COC(=O)c1cn(C2CC(OC3CCN(C(=O)O)CC3)C2)cn1. The summed E-state index contributed by atoms with van der Waals surface area (Å²) in [6.45, 7) is 1.08. The fourth-order valence-electron chi connectivity index (χ4n) is 3.09. The molecular weight excluding hydrogens is 302 g/mol. The van der Waals surface area contributed by atoms with E-state index < -0.39 is 12.1 Å². The summed E-state index contributed by atoms with van der Waals surface area (Å²) in [7, 11) is 1.34. The van der Waals surface area contributed by atoms with Crippen molar-refractivity contribution in [3.05, 3.63) is 18.2 Å². The molecule has 1 amide bonds. The Balaban J connectivity index is 1.42. The van der Waals surface area contributed by atoms with Gasteiger partial charge in [0.05, 0.1) is 25.6 Å². The summed E-state index contributed by atoms with van der Waals surface area (Å²) < 4.78 is 12.6. The quantitative estimate of drug-likeness (QED) is 0.845. The minimum atomic E-state index is -0.853. The number of piperidine rings is 1. The van der Waals surface area contributed by atoms with Gasteiger partial charge in [-0.15, -0.1) is 0 Å². The van der Waals surface area contributed by atoms with Gasteiger partial charge in [-0.3, -0.25) is 0 Å². The third-order valence-corrected chi connectivity index (χ3v) is 4.59. The number of amides is 1. The molecule has 3 rings (SSSR count). The van der Waals surface area contributed by atoms with Crippen molar-refractivity contribution in [2.75, 3.05) is 20.2 Å². The summed E-state index contributed by atoms with van der Waals surface area (Å²) >= 11 is 0. The highest BCUT2D eigenvalue weighted by Crippen LogP contribution is 2.36. The molecule has 1 saturated heterocycles. The first-order valence-corrected chi connectivity index (χ1v) is 7.82. The van der Waals surface area contributed by atoms with Crippen LogP contribution in [0, 0.1) is 0 Å². The molecule has 2 heterocycles. The molecule has 126 valence electrons. The van der Waals surface area contributed by atoms with E-state index in [0.717, 1.165) is 25.7 Å². The molecule has 0 unspecified atom stereocenters. The number of hydrogen-bond donors (Lipinski definition) is 1. The Morgan fingerprint density at radius 3 is 2.57 bits per heavy atom. The first-order valence-electron chi connectivity index (χ1n) is 7.82. The molecule has 2 fully saturated rings. The highest BCUT2D eigenvalue weighted by atomic mass is 16.5. The van der Waals surface area contributed by atoms with Crippen LogP contribution >= 0.6 is 0 Å². The van der Waals surface area contributed by atoms with Crippen molar-refractivity contribution in [3.8, 4) is 0 Å². The largest absolute Gasteiger partial charge is 0.465 e. The number of carbonyl (C=O) groups excluding carboxylic acids is 1. The van der Waals surface area contributed by atoms with Crippen molar-refractivity contribution in [3.63, 3.8) is 0 Å². The molecule has 0 atom stereocenters. The van der Waals surface area contributed by atoms with Crippen molar-refractivity contribution in [2.24, 2.45) is 0 Å². The van der Waals surface area contributed by atoms with Gasteiger partial charge in [0.15, 0.2) is 5.69 Å². The molecule has 2 aliphatic rings. The maximum atomic E-state index is 11.4. The van der Waals surface area contributed by atoms with Gasteiger partial charge in [-0.25, -0.2) is 14.6 Å². The van der Waals surface area contributed by atoms with Gasteiger partial charge < -0.3 is 24.0 Å². The van der Waals surface area contributed by atoms with Crippen LogP contribution in [0.25, 0.3) is 0 Å². The standard InChI is InChI=1S/C15H21N3O5/c1-22-14(19)13-8-18(9-16-13)10-6-12(7-10)23-11-2-4-17(5-3-11)15(20)21/h8-12H,2-7H2,1H3,(H,20,21). The lowest BCUT2D eigenvalue weighted by Gasteiger charge is -2.40. The first-order chi connectivity index (χ1) is 11.1. The number of carboxylic acid groups (broad SMARTS) is 1. The van der Waals surface area contributed by atoms with E-state index in [1.54, 1.807) is 12.5 Å². The monoisotopic (exact) mass is 323 g/mol. The number of nitrogens with zero attached hydrogens (tertiary/aromatic N) is 3. The van der Waals surface area contributed by atoms with Gasteiger partial charge in [0.2, 0.25) is 0 Å². The molecule has 0 bridgehead atoms. The van der Waals surface area contributed by atoms with Crippen LogP contribution in [0.3, 0.4) is 0 Å². The Morgan fingerprint density at radius 2 is 1.96 bits per heavy atom. The molecule has 1 aromatic heterocycles. The van der Waals surface area contributed by atoms with Gasteiger partial charge in [-0.2, -0.15) is 0 Å². The van der Waals surface area contributed by atoms with Crippen molar-refractivity contribution in [1.82, 2.24) is 14.5 Å². The summed E-state index contributed by atoms with van der Waals surface area (Å²) in [5.41, 5.74) is 0.318. The maximum absolute atomic E-state index is 11.4. The maximum Gasteiger partial charge on any atom is 0.407 e. The molecule has 1 saturated carbocycles. The molecule has 0 spiro atoms. The second-order valence-corrected chi connectivity index (χ2v) is 6.05. The Bertz CT molecular complexity index is 573. The molecule has 1 N–H and O–H groups in total. The number of imidazole rings is 1. The van der Waals surface area contributed by atoms with Crippen LogP contribution in [0.1, 0.15) is 42.2 Å². The number of carbonyl (C=O) groups is 2. The number of esters is 1. The lowest BCUT2D eigenvalue weighted by Crippen LogP contribution is -2.43. The van der Waals surface area contributed by atoms with E-state index >= 15 is 0 Å². The molecule has 1 aliphatic carbocycles. The molecule has 0 radical (unpaired) electrons. The lowest BCUT2D eigenvalue weighted by atomic mass is 9.88. The smallest absolute Gasteiger partial charge is 0.407 e. The zero-order valence-electron chi connectivity index (χ0n) is 13.1. The number of methoxy groups -OCH3 is 1. The summed E-state index contributed by atoms with van der Waals surface area (Å²) in [6.07, 6.45) is 6.13. The van der Waals surface area contributed by atoms with Crippen LogP contribution in [0.15, 0.2) is 12.5 Å². The summed E-state index contributed by atoms with van der Waals surface area (Å²) in [5, 5.41) is 8.93. The number of hydrogen-bond acceptors (Lipinski definition) is 5. The third kappa shape index (κ3) is 3.47. The number of ether oxygens (including phenoxy) is 2. The zero-order valence-corrected chi connectivity index (χ0v) is 13.1. The van der Waals surface area contributed by atoms with E-state index in [-0.39, 0.29) is 12.2 Å². The molecule has 8 nitrogen and oxygen atoms in total. The van der Waals surface area contributed by atoms with Crippen LogP contribution in [0.5, 0.6) is 0 Å². The molecular formula is C15H21N3O5. The van der Waals surface area contributed by atoms with Crippen LogP contribution in [-0.4, -0.2) is 64.0 Å². The molecule has 8 heteroatoms. The van der Waals surface area contributed by atoms with Crippen LogP contribution in [0.4, 0.5) is 4.79 Å². The van der Waals surface area contributed by atoms with Gasteiger partial charge in [0.1, 0.15) is 0 Å². The van der Waals surface area contributed by atoms with Crippen molar-refractivity contribution < 1.29 is 24.2 Å². The summed E-state index contributed by atoms with van der Waals surface area (Å²) in [5.74, 6) is -0.430. The van der Waals surface area contributed by atoms with Crippen LogP contribution in [-0.2, 0) is 9.47 Å². The Hall–Kier alpha value is -2.09. The number of likely N-dealkylation sites (tertiary alicyclic amines) is 1. The topological polar surface area (TPSA) is 93.9 Å². The molecule has 0 aromatic carbocycles. The van der Waals surface area contributed by atoms with E-state index in [9.17, 15) is 9.59 Å². The minimum absolute atomic E-state index is 0.143. The van der Waals surface area contributed by atoms with Crippen LogP contribution < -0.4 is 0 Å². The molecule has 1 aliphatic heterocycles. The third-order valence-electron chi connectivity index (χ3n) is 4.59. The molecule has 23 heavy (non-hydrogen) atoms. The summed E-state index contributed by atoms with van der Waals surface area (Å²) in [6, 6.07) is 0.296.